The van der Waals surface area contributed by atoms with Gasteiger partial charge in [-0.05, 0) is 132 Å². The Labute approximate surface area is 279 Å². The number of amides is 1. The Bertz CT molecular complexity index is 1610. The normalized spacial score (nSPS) is 37.1. The summed E-state index contributed by atoms with van der Waals surface area (Å²) >= 11 is 6.47. The molecule has 2 aliphatic carbocycles. The van der Waals surface area contributed by atoms with Gasteiger partial charge in [0.25, 0.3) is 5.91 Å². The molecule has 1 N–H and O–H groups in total. The van der Waals surface area contributed by atoms with Gasteiger partial charge < -0.3 is 24.6 Å². The number of fused-ring (bicyclic) bond motifs is 6. The largest absolute Gasteiger partial charge is 0.490 e. The molecule has 0 aromatic heterocycles. The molecule has 4 bridgehead atoms. The number of hydrogen-bond donors (Lipinski definition) is 2. The summed E-state index contributed by atoms with van der Waals surface area (Å²) in [4.78, 5) is 18.2. The first kappa shape index (κ1) is 31.1. The molecule has 8 atom stereocenters. The van der Waals surface area contributed by atoms with Crippen LogP contribution in [0, 0.1) is 11.8 Å². The highest BCUT2D eigenvalue weighted by Gasteiger charge is 2.57. The second kappa shape index (κ2) is 12.1. The molecule has 2 aromatic carbocycles. The van der Waals surface area contributed by atoms with Crippen LogP contribution in [0.4, 0.5) is 5.69 Å². The average molecular weight is 667 g/mol. The summed E-state index contributed by atoms with van der Waals surface area (Å²) in [7, 11) is 2.21. The first-order valence-corrected chi connectivity index (χ1v) is 19.1. The Balaban J connectivity index is 1.19. The third kappa shape index (κ3) is 5.58. The Morgan fingerprint density at radius 3 is 2.87 bits per heavy atom. The van der Waals surface area contributed by atoms with Crippen LogP contribution in [0.2, 0.25) is 5.02 Å². The molecule has 2 aromatic rings. The van der Waals surface area contributed by atoms with E-state index in [1.807, 2.05) is 18.2 Å². The highest BCUT2D eigenvalue weighted by Crippen LogP contribution is 2.52. The van der Waals surface area contributed by atoms with Crippen molar-refractivity contribution in [2.24, 2.45) is 16.2 Å². The van der Waals surface area contributed by atoms with Gasteiger partial charge in [-0.1, -0.05) is 17.7 Å². The molecule has 1 saturated carbocycles. The Kier molecular flexibility index (Phi) is 8.16. The van der Waals surface area contributed by atoms with Gasteiger partial charge >= 0.3 is 0 Å². The van der Waals surface area contributed by atoms with Gasteiger partial charge in [0.1, 0.15) is 5.75 Å². The molecular weight excluding hydrogens is 620 g/mol. The molecule has 2 saturated heterocycles. The third-order valence-electron chi connectivity index (χ3n) is 12.0. The minimum Gasteiger partial charge on any atom is -0.490 e. The SMILES string of the molecule is CN(C)CC[C@@H]1C[C@]23CC[C@@H](C/[SH](=O)=N\C(=O)c4ccc5c(c4)N(C[C@@H]4CC[C@H]4[C@H]2O1)C[C@@]1(CCCc2cc(Cl)ccc21)CO5)N3. The molecule has 2 spiro atoms. The minimum absolute atomic E-state index is 0.0793. The molecule has 10 heteroatoms. The number of benzene rings is 2. The lowest BCUT2D eigenvalue weighted by Gasteiger charge is -2.48. The second-order valence-corrected chi connectivity index (χ2v) is 16.9. The van der Waals surface area contributed by atoms with Gasteiger partial charge in [-0.2, -0.15) is 4.36 Å². The van der Waals surface area contributed by atoms with E-state index in [-0.39, 0.29) is 29.2 Å². The van der Waals surface area contributed by atoms with Crippen molar-refractivity contribution in [1.82, 2.24) is 10.2 Å². The van der Waals surface area contributed by atoms with Gasteiger partial charge in [-0.25, -0.2) is 0 Å². The summed E-state index contributed by atoms with van der Waals surface area (Å²) in [5.74, 6) is 1.70. The number of rotatable bonds is 3. The summed E-state index contributed by atoms with van der Waals surface area (Å²) in [6.45, 7) is 3.27. The molecule has 1 unspecified atom stereocenters. The smallest absolute Gasteiger partial charge is 0.284 e. The average Bonchev–Trinajstić information content (AvgIpc) is 3.53. The molecule has 8 nitrogen and oxygen atoms in total. The van der Waals surface area contributed by atoms with E-state index in [9.17, 15) is 9.00 Å². The predicted octanol–water partition coefficient (Wildman–Crippen LogP) is 5.26. The minimum atomic E-state index is -2.04. The monoisotopic (exact) mass is 666 g/mol. The van der Waals surface area contributed by atoms with Gasteiger partial charge in [-0.15, -0.1) is 0 Å². The number of nitrogens with one attached hydrogen (secondary N) is 1. The van der Waals surface area contributed by atoms with Gasteiger partial charge in [0.05, 0.1) is 24.5 Å². The van der Waals surface area contributed by atoms with Crippen molar-refractivity contribution in [3.63, 3.8) is 0 Å². The van der Waals surface area contributed by atoms with Gasteiger partial charge in [0, 0.05) is 57.0 Å². The lowest BCUT2D eigenvalue weighted by atomic mass is 9.65. The van der Waals surface area contributed by atoms with Crippen LogP contribution in [0.3, 0.4) is 0 Å². The number of ether oxygens (including phenoxy) is 2. The molecule has 1 amide bonds. The molecule has 0 radical (unpaired) electrons. The van der Waals surface area contributed by atoms with E-state index in [4.69, 9.17) is 21.1 Å². The Morgan fingerprint density at radius 2 is 2.04 bits per heavy atom. The fraction of sp³-hybridized carbons (Fsp3) is 0.639. The van der Waals surface area contributed by atoms with Crippen LogP contribution >= 0.6 is 11.6 Å². The van der Waals surface area contributed by atoms with Crippen LogP contribution in [0.25, 0.3) is 0 Å². The van der Waals surface area contributed by atoms with Crippen molar-refractivity contribution in [2.45, 2.75) is 87.0 Å². The zero-order valence-electron chi connectivity index (χ0n) is 27.1. The summed E-state index contributed by atoms with van der Waals surface area (Å²) < 4.78 is 31.3. The maximum Gasteiger partial charge on any atom is 0.284 e. The lowest BCUT2D eigenvalue weighted by molar-refractivity contribution is -0.0625. The van der Waals surface area contributed by atoms with Gasteiger partial charge in [-0.3, -0.25) is 9.00 Å². The lowest BCUT2D eigenvalue weighted by Crippen LogP contribution is -2.57. The van der Waals surface area contributed by atoms with Crippen molar-refractivity contribution >= 4 is 33.8 Å². The second-order valence-electron chi connectivity index (χ2n) is 15.2. The summed E-state index contributed by atoms with van der Waals surface area (Å²) in [6.07, 6.45) is 9.78. The van der Waals surface area contributed by atoms with Crippen LogP contribution in [0.1, 0.15) is 72.9 Å². The number of thiol groups is 1. The van der Waals surface area contributed by atoms with Gasteiger partial charge in [0.2, 0.25) is 0 Å². The van der Waals surface area contributed by atoms with Crippen LogP contribution < -0.4 is 15.0 Å². The fourth-order valence-electron chi connectivity index (χ4n) is 9.63. The highest BCUT2D eigenvalue weighted by molar-refractivity contribution is 7.75. The van der Waals surface area contributed by atoms with E-state index >= 15 is 0 Å². The predicted molar refractivity (Wildman–Crippen MR) is 183 cm³/mol. The van der Waals surface area contributed by atoms with E-state index in [0.717, 1.165) is 93.9 Å². The quantitative estimate of drug-likeness (QED) is 0.433. The molecule has 4 heterocycles. The van der Waals surface area contributed by atoms with Crippen LogP contribution in [-0.4, -0.2) is 84.9 Å². The van der Waals surface area contributed by atoms with Crippen LogP contribution in [-0.2, 0) is 27.2 Å². The summed E-state index contributed by atoms with van der Waals surface area (Å²) in [5, 5.41) is 4.75. The highest BCUT2D eigenvalue weighted by atomic mass is 35.5. The number of anilines is 1. The van der Waals surface area contributed by atoms with E-state index in [1.165, 1.54) is 11.1 Å². The number of nitrogens with zero attached hydrogens (tertiary/aromatic N) is 3. The molecule has 46 heavy (non-hydrogen) atoms. The van der Waals surface area contributed by atoms with Crippen LogP contribution in [0.5, 0.6) is 5.75 Å². The first-order chi connectivity index (χ1) is 22.2. The molecule has 3 fully saturated rings. The molecule has 6 aliphatic rings. The Hall–Kier alpha value is -2.17. The van der Waals surface area contributed by atoms with E-state index in [2.05, 4.69) is 45.7 Å². The maximum absolute atomic E-state index is 13.4. The maximum atomic E-state index is 13.4. The third-order valence-corrected chi connectivity index (χ3v) is 13.4. The van der Waals surface area contributed by atoms with Crippen molar-refractivity contribution in [3.05, 3.63) is 58.1 Å². The molecule has 248 valence electrons. The van der Waals surface area contributed by atoms with Crippen molar-refractivity contribution in [3.8, 4) is 5.75 Å². The number of carbonyl (C=O) groups excluding carboxylic acids is 1. The topological polar surface area (TPSA) is 83.5 Å². The zero-order valence-corrected chi connectivity index (χ0v) is 28.7. The van der Waals surface area contributed by atoms with Gasteiger partial charge in [0.15, 0.2) is 0 Å². The fourth-order valence-corrected chi connectivity index (χ4v) is 10.9. The number of halogens is 1. The summed E-state index contributed by atoms with van der Waals surface area (Å²) in [5.41, 5.74) is 3.78. The number of hydrogen-bond acceptors (Lipinski definition) is 7. The van der Waals surface area contributed by atoms with E-state index in [0.29, 0.717) is 29.8 Å². The molecule has 4 aliphatic heterocycles. The zero-order chi connectivity index (χ0) is 31.6. The molecule has 8 rings (SSSR count). The Morgan fingerprint density at radius 1 is 1.15 bits per heavy atom. The first-order valence-electron chi connectivity index (χ1n) is 17.3. The van der Waals surface area contributed by atoms with Crippen molar-refractivity contribution in [1.29, 1.82) is 0 Å². The number of carbonyl (C=O) groups is 1. The van der Waals surface area contributed by atoms with E-state index in [1.54, 1.807) is 6.07 Å². The van der Waals surface area contributed by atoms with Crippen LogP contribution in [0.15, 0.2) is 40.8 Å². The molecular formula is C36H47ClN4O4S. The van der Waals surface area contributed by atoms with E-state index < -0.39 is 16.5 Å². The van der Waals surface area contributed by atoms with Crippen molar-refractivity contribution in [2.75, 3.05) is 51.0 Å². The standard InChI is InChI=1S/C36H47ClN4O4S/c1-40(2)15-12-28-18-36-14-11-27(38-36)20-46(43)39-34(42)24-6-10-32-31(17-24)41(19-25-5-8-29(25)33(36)45-28)21-35(22-44-32)13-3-4-23-16-26(37)7-9-30(23)35/h6-7,9-10,16-17,25,27-29,33,38,46H,3-5,8,11-15,18-22H2,1-2H3/t25-,27-,28+,29+,33+,35-,36+/m0/s1. The van der Waals surface area contributed by atoms with Crippen molar-refractivity contribution < 1.29 is 18.5 Å². The summed E-state index contributed by atoms with van der Waals surface area (Å²) in [6, 6.07) is 12.1. The number of aryl methyl sites for hydroxylation is 1.